The Hall–Kier alpha value is -2.60. The number of hydrogen-bond donors (Lipinski definition) is 2. The third-order valence-electron chi connectivity index (χ3n) is 8.97. The van der Waals surface area contributed by atoms with Crippen LogP contribution in [-0.4, -0.2) is 43.8 Å². The van der Waals surface area contributed by atoms with Gasteiger partial charge in [-0.25, -0.2) is 9.97 Å². The van der Waals surface area contributed by atoms with Crippen molar-refractivity contribution in [3.05, 3.63) is 69.3 Å². The Morgan fingerprint density at radius 1 is 0.390 bits per heavy atom. The van der Waals surface area contributed by atoms with Crippen LogP contribution >= 0.6 is 0 Å². The number of aromatic amines is 2. The third-order valence-corrected chi connectivity index (χ3v) is 8.97. The molecule has 8 bridgehead atoms. The number of allylic oxidation sites excluding steroid dienone is 4. The molecule has 4 radical (unpaired) electrons. The van der Waals surface area contributed by atoms with Gasteiger partial charge in [0.05, 0.1) is 22.8 Å². The minimum Gasteiger partial charge on any atom is -0.355 e. The predicted octanol–water partition coefficient (Wildman–Crippen LogP) is 9.65. The van der Waals surface area contributed by atoms with Crippen LogP contribution in [0, 0.1) is 0 Å². The molecule has 4 nitrogen and oxygen atoms in total. The second-order valence-corrected chi connectivity index (χ2v) is 10.9. The Bertz CT molecular complexity index is 1560. The van der Waals surface area contributed by atoms with Crippen molar-refractivity contribution in [2.75, 3.05) is 0 Å². The van der Waals surface area contributed by atoms with Crippen LogP contribution in [-0.2, 0) is 25.7 Å². The molecule has 0 spiro atoms. The topological polar surface area (TPSA) is 57.4 Å². The number of rotatable bonds is 8. The molecule has 0 amide bonds. The van der Waals surface area contributed by atoms with Crippen LogP contribution in [0.3, 0.4) is 0 Å². The van der Waals surface area contributed by atoms with Crippen molar-refractivity contribution in [1.82, 2.24) is 19.9 Å². The molecule has 0 aromatic carbocycles. The van der Waals surface area contributed by atoms with Crippen LogP contribution in [0.5, 0.6) is 0 Å². The average molecular weight is 654 g/mol. The fourth-order valence-electron chi connectivity index (χ4n) is 7.10. The molecule has 3 aromatic rings. The monoisotopic (exact) mass is 654 g/mol. The molecule has 5 heteroatoms. The summed E-state index contributed by atoms with van der Waals surface area (Å²) in [5, 5.41) is 0. The van der Waals surface area contributed by atoms with E-state index in [1.165, 1.54) is 66.6 Å². The SMILES string of the molecule is CCC1=C(CC)c2cc3[nH]c(cc4[nH]c(cc5nc(cc1n2)C(CC)=C5CC)c(CC)c4CC)c(CC)c3CC.[Sn]. The van der Waals surface area contributed by atoms with Gasteiger partial charge < -0.3 is 9.97 Å². The van der Waals surface area contributed by atoms with Crippen LogP contribution in [0.25, 0.3) is 44.4 Å². The summed E-state index contributed by atoms with van der Waals surface area (Å²) in [5.41, 5.74) is 20.2. The van der Waals surface area contributed by atoms with Crippen LogP contribution in [0.4, 0.5) is 0 Å². The molecule has 2 aliphatic heterocycles. The van der Waals surface area contributed by atoms with Crippen molar-refractivity contribution in [1.29, 1.82) is 0 Å². The van der Waals surface area contributed by atoms with Gasteiger partial charge in [-0.2, -0.15) is 0 Å². The van der Waals surface area contributed by atoms with Gasteiger partial charge in [-0.15, -0.1) is 0 Å². The summed E-state index contributed by atoms with van der Waals surface area (Å²) in [6.45, 7) is 18.1. The van der Waals surface area contributed by atoms with Crippen molar-refractivity contribution in [2.24, 2.45) is 0 Å². The number of nitrogens with zero attached hydrogens (tertiary/aromatic N) is 2. The number of aryl methyl sites for hydroxylation is 4. The third kappa shape index (κ3) is 5.37. The van der Waals surface area contributed by atoms with Gasteiger partial charge in [-0.05, 0) is 120 Å². The Morgan fingerprint density at radius 3 is 0.927 bits per heavy atom. The van der Waals surface area contributed by atoms with Gasteiger partial charge in [-0.1, -0.05) is 55.4 Å². The van der Waals surface area contributed by atoms with E-state index >= 15 is 0 Å². The summed E-state index contributed by atoms with van der Waals surface area (Å²) < 4.78 is 0. The Balaban J connectivity index is 0.00000387. The molecule has 214 valence electrons. The molecule has 5 rings (SSSR count). The number of nitrogens with one attached hydrogen (secondary N) is 2. The molecule has 0 saturated carbocycles. The largest absolute Gasteiger partial charge is 0.355 e. The summed E-state index contributed by atoms with van der Waals surface area (Å²) in [7, 11) is 0. The number of aromatic nitrogens is 4. The van der Waals surface area contributed by atoms with Gasteiger partial charge in [0.25, 0.3) is 0 Å². The molecule has 41 heavy (non-hydrogen) atoms. The van der Waals surface area contributed by atoms with E-state index < -0.39 is 0 Å². The normalized spacial score (nSPS) is 13.3. The molecule has 0 saturated heterocycles. The first kappa shape index (κ1) is 31.3. The first-order valence-corrected chi connectivity index (χ1v) is 15.7. The Kier molecular flexibility index (Phi) is 10.0. The molecular formula is C36H46N4Sn. The van der Waals surface area contributed by atoms with Gasteiger partial charge >= 0.3 is 0 Å². The van der Waals surface area contributed by atoms with E-state index in [0.717, 1.165) is 74.1 Å². The minimum absolute atomic E-state index is 0. The maximum Gasteiger partial charge on any atom is 0.0694 e. The van der Waals surface area contributed by atoms with Crippen molar-refractivity contribution >= 4 is 68.3 Å². The summed E-state index contributed by atoms with van der Waals surface area (Å²) in [5.74, 6) is 0. The van der Waals surface area contributed by atoms with E-state index in [1.54, 1.807) is 0 Å². The van der Waals surface area contributed by atoms with Gasteiger partial charge in [0.1, 0.15) is 0 Å². The number of H-pyrrole nitrogens is 2. The predicted molar refractivity (Wildman–Crippen MR) is 179 cm³/mol. The molecule has 0 unspecified atom stereocenters. The molecule has 2 aliphatic rings. The van der Waals surface area contributed by atoms with Crippen LogP contribution in [0.1, 0.15) is 126 Å². The first-order valence-electron chi connectivity index (χ1n) is 15.7. The summed E-state index contributed by atoms with van der Waals surface area (Å²) in [4.78, 5) is 18.2. The second kappa shape index (κ2) is 13.1. The second-order valence-electron chi connectivity index (χ2n) is 10.9. The van der Waals surface area contributed by atoms with Crippen LogP contribution in [0.2, 0.25) is 0 Å². The molecular weight excluding hydrogens is 607 g/mol. The maximum atomic E-state index is 5.28. The van der Waals surface area contributed by atoms with Gasteiger partial charge in [0, 0.05) is 46.0 Å². The first-order chi connectivity index (χ1) is 19.5. The molecule has 3 aromatic heterocycles. The zero-order chi connectivity index (χ0) is 28.6. The smallest absolute Gasteiger partial charge is 0.0694 e. The minimum atomic E-state index is 0. The van der Waals surface area contributed by atoms with Crippen molar-refractivity contribution in [2.45, 2.75) is 107 Å². The number of fused-ring (bicyclic) bond motifs is 8. The maximum absolute atomic E-state index is 5.28. The zero-order valence-electron chi connectivity index (χ0n) is 26.4. The summed E-state index contributed by atoms with van der Waals surface area (Å²) in [6.07, 6.45) is 7.84. The van der Waals surface area contributed by atoms with Crippen molar-refractivity contribution in [3.8, 4) is 0 Å². The van der Waals surface area contributed by atoms with E-state index in [-0.39, 0.29) is 23.9 Å². The van der Waals surface area contributed by atoms with E-state index in [4.69, 9.17) is 9.97 Å². The van der Waals surface area contributed by atoms with E-state index in [9.17, 15) is 0 Å². The van der Waals surface area contributed by atoms with Gasteiger partial charge in [0.15, 0.2) is 0 Å². The molecule has 2 N–H and O–H groups in total. The van der Waals surface area contributed by atoms with Crippen LogP contribution < -0.4 is 0 Å². The standard InChI is InChI=1S/C36H46N4.Sn/c1-9-21-22(10-2)30-18-32-25(13-5)26(14-6)34(39-32)20-36-28(16-8)27(15-7)35(40-36)19-33-24(12-4)23(11-3)31(38-33)17-29(21)37-30;/h17-20,37-38H,9-16H2,1-8H3;. The zero-order valence-corrected chi connectivity index (χ0v) is 29.2. The summed E-state index contributed by atoms with van der Waals surface area (Å²) in [6, 6.07) is 9.24. The average Bonchev–Trinajstić information content (AvgIpc) is 3.67. The Morgan fingerprint density at radius 2 is 0.659 bits per heavy atom. The van der Waals surface area contributed by atoms with E-state index in [1.807, 2.05) is 0 Å². The number of hydrogen-bond acceptors (Lipinski definition) is 2. The Labute approximate surface area is 263 Å². The molecule has 5 heterocycles. The molecule has 0 fully saturated rings. The van der Waals surface area contributed by atoms with Crippen LogP contribution in [0.15, 0.2) is 24.3 Å². The van der Waals surface area contributed by atoms with E-state index in [2.05, 4.69) is 89.6 Å². The summed E-state index contributed by atoms with van der Waals surface area (Å²) >= 11 is 0. The van der Waals surface area contributed by atoms with E-state index in [0.29, 0.717) is 0 Å². The van der Waals surface area contributed by atoms with Crippen molar-refractivity contribution in [3.63, 3.8) is 0 Å². The van der Waals surface area contributed by atoms with Crippen molar-refractivity contribution < 1.29 is 0 Å². The molecule has 0 aliphatic carbocycles. The molecule has 0 atom stereocenters. The fraction of sp³-hybridized carbons (Fsp3) is 0.444. The fourth-order valence-corrected chi connectivity index (χ4v) is 7.10. The quantitative estimate of drug-likeness (QED) is 0.238. The van der Waals surface area contributed by atoms with Gasteiger partial charge in [-0.3, -0.25) is 0 Å². The van der Waals surface area contributed by atoms with Gasteiger partial charge in [0.2, 0.25) is 0 Å².